The Labute approximate surface area is 279 Å². The fourth-order valence-electron chi connectivity index (χ4n) is 5.38. The smallest absolute Gasteiger partial charge is 0.128 e. The summed E-state index contributed by atoms with van der Waals surface area (Å²) in [4.78, 5) is 0. The lowest BCUT2D eigenvalue weighted by atomic mass is 9.97. The molecule has 0 saturated heterocycles. The lowest BCUT2D eigenvalue weighted by Crippen LogP contribution is -2.07. The van der Waals surface area contributed by atoms with Gasteiger partial charge in [-0.1, -0.05) is 86.6 Å². The van der Waals surface area contributed by atoms with Crippen molar-refractivity contribution in [3.05, 3.63) is 53.6 Å². The van der Waals surface area contributed by atoms with Gasteiger partial charge in [0.05, 0.1) is 50.7 Å². The highest BCUT2D eigenvalue weighted by Gasteiger charge is 2.18. The molecule has 6 nitrogen and oxygen atoms in total. The molecule has 0 N–H and O–H groups in total. The van der Waals surface area contributed by atoms with Crippen LogP contribution in [0.1, 0.15) is 110 Å². The van der Waals surface area contributed by atoms with E-state index in [1.165, 1.54) is 39.2 Å². The largest absolute Gasteiger partial charge is 0.496 e. The van der Waals surface area contributed by atoms with Gasteiger partial charge in [0.15, 0.2) is 0 Å². The average molecular weight is 629 g/mol. The summed E-state index contributed by atoms with van der Waals surface area (Å²) in [5.74, 6) is 4.84. The summed E-state index contributed by atoms with van der Waals surface area (Å²) in [5, 5.41) is 20.0. The summed E-state index contributed by atoms with van der Waals surface area (Å²) in [5.41, 5.74) is 2.47. The fourth-order valence-corrected chi connectivity index (χ4v) is 5.38. The molecule has 0 radical (unpaired) electrons. The number of hydrogen-bond donors (Lipinski definition) is 0. The summed E-state index contributed by atoms with van der Waals surface area (Å²) < 4.78 is 23.8. The van der Waals surface area contributed by atoms with Crippen molar-refractivity contribution in [2.75, 3.05) is 27.4 Å². The van der Waals surface area contributed by atoms with Gasteiger partial charge >= 0.3 is 0 Å². The lowest BCUT2D eigenvalue weighted by molar-refractivity contribution is 0.274. The normalized spacial score (nSPS) is 12.7. The highest BCUT2D eigenvalue weighted by molar-refractivity contribution is 5.94. The molecule has 0 fully saturated rings. The maximum atomic E-state index is 10.4. The second-order valence-corrected chi connectivity index (χ2v) is 13.3. The van der Waals surface area contributed by atoms with Gasteiger partial charge in [-0.05, 0) is 72.9 Å². The van der Waals surface area contributed by atoms with E-state index >= 15 is 0 Å². The molecule has 0 heterocycles. The minimum Gasteiger partial charge on any atom is -0.496 e. The van der Waals surface area contributed by atoms with E-state index in [1.807, 2.05) is 18.2 Å². The van der Waals surface area contributed by atoms with Crippen molar-refractivity contribution < 1.29 is 18.9 Å². The Kier molecular flexibility index (Phi) is 16.9. The second-order valence-electron chi connectivity index (χ2n) is 13.3. The zero-order chi connectivity index (χ0) is 34.1. The van der Waals surface area contributed by atoms with Gasteiger partial charge in [0.1, 0.15) is 23.0 Å². The van der Waals surface area contributed by atoms with Crippen molar-refractivity contribution in [1.29, 1.82) is 10.5 Å². The Morgan fingerprint density at radius 1 is 0.696 bits per heavy atom. The molecule has 2 rings (SSSR count). The molecule has 0 aliphatic carbocycles. The molecule has 0 amide bonds. The third-order valence-electron chi connectivity index (χ3n) is 8.38. The molecule has 2 aromatic rings. The van der Waals surface area contributed by atoms with Crippen molar-refractivity contribution in [2.45, 2.75) is 92.9 Å². The molecule has 6 heteroatoms. The molecule has 250 valence electrons. The predicted octanol–water partition coefficient (Wildman–Crippen LogP) is 10.8. The molecule has 2 aromatic carbocycles. The van der Waals surface area contributed by atoms with Crippen LogP contribution in [0.3, 0.4) is 0 Å². The van der Waals surface area contributed by atoms with Crippen LogP contribution in [0, 0.1) is 46.3 Å². The Morgan fingerprint density at radius 3 is 1.78 bits per heavy atom. The standard InChI is InChI=1S/C40H56N2O4/c1-28(2)12-10-14-30(5)18-20-45-35-16-17-38(43-8)33(23-35)22-34(27-42)37-25-39(44-9)36(32(7)26-41)24-40(37)46-21-19-31(6)15-11-13-29(3)4/h16-17,22-25,28-31H,7,10-15,18-21H2,1-6,8-9H3/b34-22+. The van der Waals surface area contributed by atoms with Crippen LogP contribution >= 0.6 is 0 Å². The van der Waals surface area contributed by atoms with E-state index in [0.29, 0.717) is 64.9 Å². The van der Waals surface area contributed by atoms with Crippen LogP contribution in [0.15, 0.2) is 36.9 Å². The molecule has 0 saturated carbocycles. The summed E-state index contributed by atoms with van der Waals surface area (Å²) in [6.45, 7) is 18.6. The van der Waals surface area contributed by atoms with Crippen LogP contribution in [0.4, 0.5) is 0 Å². The zero-order valence-electron chi connectivity index (χ0n) is 29.6. The van der Waals surface area contributed by atoms with E-state index < -0.39 is 0 Å². The first-order valence-electron chi connectivity index (χ1n) is 16.9. The minimum absolute atomic E-state index is 0.263. The number of ether oxygens (including phenoxy) is 4. The van der Waals surface area contributed by atoms with Crippen molar-refractivity contribution in [1.82, 2.24) is 0 Å². The zero-order valence-corrected chi connectivity index (χ0v) is 29.6. The van der Waals surface area contributed by atoms with Crippen molar-refractivity contribution >= 4 is 17.2 Å². The third-order valence-corrected chi connectivity index (χ3v) is 8.38. The monoisotopic (exact) mass is 628 g/mol. The summed E-state index contributed by atoms with van der Waals surface area (Å²) in [7, 11) is 3.15. The van der Waals surface area contributed by atoms with Gasteiger partial charge in [0.2, 0.25) is 0 Å². The van der Waals surface area contributed by atoms with Crippen LogP contribution < -0.4 is 18.9 Å². The van der Waals surface area contributed by atoms with Crippen molar-refractivity contribution in [2.24, 2.45) is 23.7 Å². The highest BCUT2D eigenvalue weighted by Crippen LogP contribution is 2.38. The number of benzene rings is 2. The first-order valence-corrected chi connectivity index (χ1v) is 16.9. The second kappa shape index (κ2) is 20.3. The van der Waals surface area contributed by atoms with Gasteiger partial charge in [-0.3, -0.25) is 0 Å². The summed E-state index contributed by atoms with van der Waals surface area (Å²) in [6.07, 6.45) is 10.9. The predicted molar refractivity (Wildman–Crippen MR) is 190 cm³/mol. The molecular weight excluding hydrogens is 572 g/mol. The van der Waals surface area contributed by atoms with Crippen LogP contribution in [0.25, 0.3) is 17.2 Å². The summed E-state index contributed by atoms with van der Waals surface area (Å²) >= 11 is 0. The highest BCUT2D eigenvalue weighted by atomic mass is 16.5. The van der Waals surface area contributed by atoms with Crippen LogP contribution in [-0.2, 0) is 0 Å². The Bertz CT molecular complexity index is 1360. The van der Waals surface area contributed by atoms with Crippen LogP contribution in [0.5, 0.6) is 23.0 Å². The van der Waals surface area contributed by atoms with Gasteiger partial charge in [-0.25, -0.2) is 0 Å². The van der Waals surface area contributed by atoms with E-state index in [1.54, 1.807) is 25.3 Å². The molecule has 0 aromatic heterocycles. The molecule has 0 aliphatic heterocycles. The molecule has 0 aliphatic rings. The maximum absolute atomic E-state index is 10.4. The Balaban J connectivity index is 2.35. The molecule has 2 unspecified atom stereocenters. The van der Waals surface area contributed by atoms with Gasteiger partial charge in [-0.2, -0.15) is 10.5 Å². The van der Waals surface area contributed by atoms with Crippen molar-refractivity contribution in [3.63, 3.8) is 0 Å². The van der Waals surface area contributed by atoms with E-state index in [2.05, 4.69) is 60.3 Å². The van der Waals surface area contributed by atoms with E-state index in [0.717, 1.165) is 36.5 Å². The number of hydrogen-bond acceptors (Lipinski definition) is 6. The number of methoxy groups -OCH3 is 2. The summed E-state index contributed by atoms with van der Waals surface area (Å²) in [6, 6.07) is 13.6. The molecule has 46 heavy (non-hydrogen) atoms. The minimum atomic E-state index is 0.263. The average Bonchev–Trinajstić information content (AvgIpc) is 3.02. The van der Waals surface area contributed by atoms with Gasteiger partial charge in [0, 0.05) is 16.7 Å². The van der Waals surface area contributed by atoms with Crippen molar-refractivity contribution in [3.8, 4) is 35.1 Å². The number of allylic oxidation sites excluding steroid dienone is 2. The first-order chi connectivity index (χ1) is 22.0. The topological polar surface area (TPSA) is 84.5 Å². The molecule has 0 bridgehead atoms. The SMILES string of the molecule is C=C(C#N)c1cc(OCCC(C)CCCC(C)C)c(/C(C#N)=C/c2cc(OCCC(C)CCCC(C)C)ccc2OC)cc1OC. The van der Waals surface area contributed by atoms with E-state index in [-0.39, 0.29) is 5.57 Å². The number of rotatable bonds is 21. The maximum Gasteiger partial charge on any atom is 0.128 e. The van der Waals surface area contributed by atoms with Gasteiger partial charge in [-0.15, -0.1) is 0 Å². The van der Waals surface area contributed by atoms with E-state index in [9.17, 15) is 10.5 Å². The van der Waals surface area contributed by atoms with Crippen LogP contribution in [-0.4, -0.2) is 27.4 Å². The fraction of sp³-hybridized carbons (Fsp3) is 0.550. The number of nitrogens with zero attached hydrogens (tertiary/aromatic N) is 2. The van der Waals surface area contributed by atoms with Crippen LogP contribution in [0.2, 0.25) is 0 Å². The Morgan fingerprint density at radius 2 is 1.26 bits per heavy atom. The third kappa shape index (κ3) is 12.8. The first kappa shape index (κ1) is 38.3. The lowest BCUT2D eigenvalue weighted by Gasteiger charge is -2.18. The van der Waals surface area contributed by atoms with Gasteiger partial charge in [0.25, 0.3) is 0 Å². The molecule has 0 spiro atoms. The Hall–Kier alpha value is -3.90. The van der Waals surface area contributed by atoms with Gasteiger partial charge < -0.3 is 18.9 Å². The number of nitriles is 2. The molecule has 2 atom stereocenters. The van der Waals surface area contributed by atoms with E-state index in [4.69, 9.17) is 18.9 Å². The quantitative estimate of drug-likeness (QED) is 0.101. The molecular formula is C40H56N2O4.